The fourth-order valence-corrected chi connectivity index (χ4v) is 2.61. The summed E-state index contributed by atoms with van der Waals surface area (Å²) in [5, 5.41) is 3.67. The number of nitrogens with zero attached hydrogens (tertiary/aromatic N) is 1. The van der Waals surface area contributed by atoms with Crippen LogP contribution in [0, 0.1) is 5.82 Å². The highest BCUT2D eigenvalue weighted by Crippen LogP contribution is 2.21. The first-order chi connectivity index (χ1) is 10.2. The van der Waals surface area contributed by atoms with E-state index in [2.05, 4.69) is 17.2 Å². The minimum Gasteiger partial charge on any atom is -0.314 e. The number of halogens is 2. The van der Waals surface area contributed by atoms with E-state index in [4.69, 9.17) is 11.6 Å². The van der Waals surface area contributed by atoms with E-state index in [9.17, 15) is 4.39 Å². The van der Waals surface area contributed by atoms with Crippen LogP contribution in [-0.4, -0.2) is 17.6 Å². The highest BCUT2D eigenvalue weighted by Gasteiger charge is 2.13. The summed E-state index contributed by atoms with van der Waals surface area (Å²) in [5.74, 6) is -0.353. The Morgan fingerprint density at radius 1 is 1.24 bits per heavy atom. The summed E-state index contributed by atoms with van der Waals surface area (Å²) in [5.41, 5.74) is 1.93. The Bertz CT molecular complexity index is 560. The SMILES string of the molecule is CCNC(CCc1ccccn1)Cc1cccc(F)c1Cl. The highest BCUT2D eigenvalue weighted by atomic mass is 35.5. The van der Waals surface area contributed by atoms with Crippen molar-refractivity contribution in [1.82, 2.24) is 10.3 Å². The number of hydrogen-bond donors (Lipinski definition) is 1. The molecule has 4 heteroatoms. The summed E-state index contributed by atoms with van der Waals surface area (Å²) in [6, 6.07) is 11.2. The first-order valence-corrected chi connectivity index (χ1v) is 7.64. The summed E-state index contributed by atoms with van der Waals surface area (Å²) in [6.45, 7) is 2.95. The summed E-state index contributed by atoms with van der Waals surface area (Å²) < 4.78 is 13.5. The van der Waals surface area contributed by atoms with Gasteiger partial charge in [0.1, 0.15) is 5.82 Å². The minimum atomic E-state index is -0.353. The van der Waals surface area contributed by atoms with Gasteiger partial charge < -0.3 is 5.32 Å². The van der Waals surface area contributed by atoms with Gasteiger partial charge in [0.25, 0.3) is 0 Å². The maximum absolute atomic E-state index is 13.5. The molecule has 21 heavy (non-hydrogen) atoms. The predicted molar refractivity (Wildman–Crippen MR) is 85.1 cm³/mol. The van der Waals surface area contributed by atoms with Crippen LogP contribution in [-0.2, 0) is 12.8 Å². The molecular weight excluding hydrogens is 287 g/mol. The molecule has 1 aromatic carbocycles. The number of rotatable bonds is 7. The summed E-state index contributed by atoms with van der Waals surface area (Å²) in [7, 11) is 0. The zero-order valence-electron chi connectivity index (χ0n) is 12.2. The summed E-state index contributed by atoms with van der Waals surface area (Å²) in [4.78, 5) is 4.34. The standard InChI is InChI=1S/C17H20ClFN2/c1-2-20-15(10-9-14-7-3-4-11-21-14)12-13-6-5-8-16(19)17(13)18/h3-8,11,15,20H,2,9-10,12H2,1H3. The van der Waals surface area contributed by atoms with Gasteiger partial charge in [-0.25, -0.2) is 4.39 Å². The van der Waals surface area contributed by atoms with Crippen molar-refractivity contribution in [3.63, 3.8) is 0 Å². The van der Waals surface area contributed by atoms with Crippen LogP contribution in [0.3, 0.4) is 0 Å². The molecule has 0 amide bonds. The van der Waals surface area contributed by atoms with E-state index in [0.29, 0.717) is 0 Å². The lowest BCUT2D eigenvalue weighted by Crippen LogP contribution is -2.31. The Hall–Kier alpha value is -1.45. The second-order valence-electron chi connectivity index (χ2n) is 5.03. The highest BCUT2D eigenvalue weighted by molar-refractivity contribution is 6.31. The van der Waals surface area contributed by atoms with Crippen molar-refractivity contribution in [2.45, 2.75) is 32.2 Å². The fourth-order valence-electron chi connectivity index (χ4n) is 2.40. The zero-order valence-corrected chi connectivity index (χ0v) is 12.9. The van der Waals surface area contributed by atoms with E-state index in [1.165, 1.54) is 6.07 Å². The molecule has 1 heterocycles. The second kappa shape index (κ2) is 8.11. The lowest BCUT2D eigenvalue weighted by atomic mass is 10.0. The molecule has 1 atom stereocenters. The number of pyridine rings is 1. The first kappa shape index (κ1) is 15.9. The largest absolute Gasteiger partial charge is 0.314 e. The van der Waals surface area contributed by atoms with Crippen LogP contribution in [0.5, 0.6) is 0 Å². The first-order valence-electron chi connectivity index (χ1n) is 7.27. The molecule has 0 radical (unpaired) electrons. The van der Waals surface area contributed by atoms with Gasteiger partial charge in [-0.15, -0.1) is 0 Å². The van der Waals surface area contributed by atoms with E-state index >= 15 is 0 Å². The Balaban J connectivity index is 2.00. The average molecular weight is 307 g/mol. The molecule has 0 spiro atoms. The number of hydrogen-bond acceptors (Lipinski definition) is 2. The van der Waals surface area contributed by atoms with Crippen molar-refractivity contribution >= 4 is 11.6 Å². The van der Waals surface area contributed by atoms with Crippen molar-refractivity contribution < 1.29 is 4.39 Å². The maximum atomic E-state index is 13.5. The lowest BCUT2D eigenvalue weighted by Gasteiger charge is -2.18. The molecule has 0 aliphatic carbocycles. The van der Waals surface area contributed by atoms with Gasteiger partial charge in [0, 0.05) is 17.9 Å². The van der Waals surface area contributed by atoms with Crippen molar-refractivity contribution in [2.75, 3.05) is 6.54 Å². The molecule has 0 aliphatic heterocycles. The molecule has 1 unspecified atom stereocenters. The van der Waals surface area contributed by atoms with Gasteiger partial charge in [-0.2, -0.15) is 0 Å². The van der Waals surface area contributed by atoms with E-state index < -0.39 is 0 Å². The molecule has 0 aliphatic rings. The number of benzene rings is 1. The number of aryl methyl sites for hydroxylation is 1. The van der Waals surface area contributed by atoms with E-state index in [-0.39, 0.29) is 16.9 Å². The molecule has 2 nitrogen and oxygen atoms in total. The Morgan fingerprint density at radius 3 is 2.81 bits per heavy atom. The molecule has 0 bridgehead atoms. The Labute approximate surface area is 130 Å². The molecule has 0 saturated heterocycles. The number of likely N-dealkylation sites (N-methyl/N-ethyl adjacent to an activating group) is 1. The van der Waals surface area contributed by atoms with E-state index in [1.54, 1.807) is 12.3 Å². The quantitative estimate of drug-likeness (QED) is 0.835. The summed E-state index contributed by atoms with van der Waals surface area (Å²) >= 11 is 6.04. The zero-order chi connectivity index (χ0) is 15.1. The molecule has 1 N–H and O–H groups in total. The predicted octanol–water partition coefficient (Wildman–Crippen LogP) is 4.03. The third-order valence-electron chi connectivity index (χ3n) is 3.47. The van der Waals surface area contributed by atoms with Gasteiger partial charge in [-0.3, -0.25) is 4.98 Å². The maximum Gasteiger partial charge on any atom is 0.142 e. The van der Waals surface area contributed by atoms with Gasteiger partial charge >= 0.3 is 0 Å². The topological polar surface area (TPSA) is 24.9 Å². The minimum absolute atomic E-state index is 0.234. The second-order valence-corrected chi connectivity index (χ2v) is 5.41. The van der Waals surface area contributed by atoms with Crippen molar-refractivity contribution in [1.29, 1.82) is 0 Å². The lowest BCUT2D eigenvalue weighted by molar-refractivity contribution is 0.487. The molecule has 0 saturated carbocycles. The Morgan fingerprint density at radius 2 is 2.10 bits per heavy atom. The molecule has 2 aromatic rings. The van der Waals surface area contributed by atoms with Crippen LogP contribution in [0.15, 0.2) is 42.6 Å². The van der Waals surface area contributed by atoms with Crippen LogP contribution < -0.4 is 5.32 Å². The van der Waals surface area contributed by atoms with Crippen molar-refractivity contribution in [3.05, 3.63) is 64.7 Å². The third kappa shape index (κ3) is 4.80. The third-order valence-corrected chi connectivity index (χ3v) is 3.89. The molecular formula is C17H20ClFN2. The van der Waals surface area contributed by atoms with E-state index in [1.807, 2.05) is 24.3 Å². The smallest absolute Gasteiger partial charge is 0.142 e. The monoisotopic (exact) mass is 306 g/mol. The van der Waals surface area contributed by atoms with Crippen molar-refractivity contribution in [2.24, 2.45) is 0 Å². The van der Waals surface area contributed by atoms with Crippen LogP contribution in [0.25, 0.3) is 0 Å². The van der Waals surface area contributed by atoms with Gasteiger partial charge in [0.05, 0.1) is 5.02 Å². The van der Waals surface area contributed by atoms with Gasteiger partial charge in [-0.05, 0) is 49.6 Å². The number of aromatic nitrogens is 1. The van der Waals surface area contributed by atoms with Gasteiger partial charge in [0.2, 0.25) is 0 Å². The average Bonchev–Trinajstić information content (AvgIpc) is 2.50. The molecule has 0 fully saturated rings. The fraction of sp³-hybridized carbons (Fsp3) is 0.353. The van der Waals surface area contributed by atoms with Crippen molar-refractivity contribution in [3.8, 4) is 0 Å². The molecule has 112 valence electrons. The van der Waals surface area contributed by atoms with Crippen LogP contribution in [0.1, 0.15) is 24.6 Å². The van der Waals surface area contributed by atoms with Crippen LogP contribution in [0.2, 0.25) is 5.02 Å². The molecule has 1 aromatic heterocycles. The summed E-state index contributed by atoms with van der Waals surface area (Å²) in [6.07, 6.45) is 4.36. The van der Waals surface area contributed by atoms with Crippen LogP contribution in [0.4, 0.5) is 4.39 Å². The van der Waals surface area contributed by atoms with Gasteiger partial charge in [0.15, 0.2) is 0 Å². The Kier molecular flexibility index (Phi) is 6.15. The normalized spacial score (nSPS) is 12.3. The number of nitrogens with one attached hydrogen (secondary N) is 1. The van der Waals surface area contributed by atoms with E-state index in [0.717, 1.165) is 37.1 Å². The van der Waals surface area contributed by atoms with Gasteiger partial charge in [-0.1, -0.05) is 36.7 Å². The van der Waals surface area contributed by atoms with Crippen LogP contribution >= 0.6 is 11.6 Å². The molecule has 2 rings (SSSR count).